The third-order valence-electron chi connectivity index (χ3n) is 3.11. The molecule has 0 bridgehead atoms. The van der Waals surface area contributed by atoms with Crippen molar-refractivity contribution in [1.29, 1.82) is 0 Å². The minimum atomic E-state index is -0.946. The standard InChI is InChI=1S/C13H16F2N2O/c1-9(13(18)17-7-2-3-8-17)16-11-6-4-5-10(14)12(11)15/h4-6,9,16H,2-3,7-8H2,1H3. The Balaban J connectivity index is 2.04. The molecule has 1 N–H and O–H groups in total. The second-order valence-electron chi connectivity index (χ2n) is 4.50. The normalized spacial score (nSPS) is 16.7. The predicted octanol–water partition coefficient (Wildman–Crippen LogP) is 2.39. The van der Waals surface area contributed by atoms with Crippen molar-refractivity contribution in [3.63, 3.8) is 0 Å². The summed E-state index contributed by atoms with van der Waals surface area (Å²) in [6.45, 7) is 3.15. The van der Waals surface area contributed by atoms with Crippen molar-refractivity contribution in [3.05, 3.63) is 29.8 Å². The maximum atomic E-state index is 13.4. The van der Waals surface area contributed by atoms with Gasteiger partial charge < -0.3 is 10.2 Å². The topological polar surface area (TPSA) is 32.3 Å². The number of carbonyl (C=O) groups excluding carboxylic acids is 1. The first kappa shape index (κ1) is 12.8. The van der Waals surface area contributed by atoms with Gasteiger partial charge in [-0.2, -0.15) is 0 Å². The monoisotopic (exact) mass is 254 g/mol. The minimum Gasteiger partial charge on any atom is -0.371 e. The van der Waals surface area contributed by atoms with E-state index in [9.17, 15) is 13.6 Å². The van der Waals surface area contributed by atoms with E-state index < -0.39 is 17.7 Å². The number of hydrogen-bond donors (Lipinski definition) is 1. The van der Waals surface area contributed by atoms with Crippen LogP contribution in [-0.2, 0) is 4.79 Å². The minimum absolute atomic E-state index is 0.0232. The first-order valence-electron chi connectivity index (χ1n) is 6.09. The molecular weight excluding hydrogens is 238 g/mol. The van der Waals surface area contributed by atoms with E-state index >= 15 is 0 Å². The third kappa shape index (κ3) is 2.60. The molecule has 0 aromatic heterocycles. The molecular formula is C13H16F2N2O. The zero-order valence-corrected chi connectivity index (χ0v) is 10.2. The van der Waals surface area contributed by atoms with Crippen molar-refractivity contribution in [2.45, 2.75) is 25.8 Å². The summed E-state index contributed by atoms with van der Waals surface area (Å²) < 4.78 is 26.5. The number of likely N-dealkylation sites (tertiary alicyclic amines) is 1. The van der Waals surface area contributed by atoms with Crippen LogP contribution in [0.15, 0.2) is 18.2 Å². The molecule has 98 valence electrons. The predicted molar refractivity (Wildman–Crippen MR) is 65.3 cm³/mol. The summed E-state index contributed by atoms with van der Waals surface area (Å²) in [5.41, 5.74) is 0.0232. The van der Waals surface area contributed by atoms with Gasteiger partial charge >= 0.3 is 0 Å². The number of nitrogens with zero attached hydrogens (tertiary/aromatic N) is 1. The van der Waals surface area contributed by atoms with E-state index in [-0.39, 0.29) is 11.6 Å². The zero-order valence-electron chi connectivity index (χ0n) is 10.2. The lowest BCUT2D eigenvalue weighted by Gasteiger charge is -2.22. The molecule has 0 saturated carbocycles. The fourth-order valence-electron chi connectivity index (χ4n) is 2.12. The third-order valence-corrected chi connectivity index (χ3v) is 3.11. The lowest BCUT2D eigenvalue weighted by Crippen LogP contribution is -2.39. The highest BCUT2D eigenvalue weighted by molar-refractivity contribution is 5.84. The van der Waals surface area contributed by atoms with Crippen LogP contribution in [0.3, 0.4) is 0 Å². The Morgan fingerprint density at radius 2 is 2.00 bits per heavy atom. The van der Waals surface area contributed by atoms with Crippen molar-refractivity contribution >= 4 is 11.6 Å². The molecule has 1 amide bonds. The van der Waals surface area contributed by atoms with E-state index in [0.717, 1.165) is 32.0 Å². The van der Waals surface area contributed by atoms with Gasteiger partial charge in [0, 0.05) is 13.1 Å². The van der Waals surface area contributed by atoms with Gasteiger partial charge in [0.05, 0.1) is 5.69 Å². The molecule has 1 aliphatic rings. The Bertz CT molecular complexity index is 445. The Labute approximate surface area is 105 Å². The highest BCUT2D eigenvalue weighted by Gasteiger charge is 2.23. The van der Waals surface area contributed by atoms with Crippen molar-refractivity contribution in [2.24, 2.45) is 0 Å². The Morgan fingerprint density at radius 3 is 2.67 bits per heavy atom. The average molecular weight is 254 g/mol. The van der Waals surface area contributed by atoms with Crippen molar-refractivity contribution in [1.82, 2.24) is 4.90 Å². The van der Waals surface area contributed by atoms with Gasteiger partial charge in [0.1, 0.15) is 6.04 Å². The van der Waals surface area contributed by atoms with Gasteiger partial charge in [0.2, 0.25) is 5.91 Å². The average Bonchev–Trinajstić information content (AvgIpc) is 2.87. The molecule has 18 heavy (non-hydrogen) atoms. The van der Waals surface area contributed by atoms with Crippen molar-refractivity contribution in [2.75, 3.05) is 18.4 Å². The molecule has 1 heterocycles. The molecule has 0 radical (unpaired) electrons. The first-order chi connectivity index (χ1) is 8.59. The Kier molecular flexibility index (Phi) is 3.79. The number of benzene rings is 1. The largest absolute Gasteiger partial charge is 0.371 e. The Morgan fingerprint density at radius 1 is 1.33 bits per heavy atom. The van der Waals surface area contributed by atoms with Crippen LogP contribution in [0.2, 0.25) is 0 Å². The van der Waals surface area contributed by atoms with E-state index in [1.54, 1.807) is 11.8 Å². The Hall–Kier alpha value is -1.65. The molecule has 1 fully saturated rings. The van der Waals surface area contributed by atoms with Crippen LogP contribution in [0.5, 0.6) is 0 Å². The van der Waals surface area contributed by atoms with E-state index in [4.69, 9.17) is 0 Å². The summed E-state index contributed by atoms with van der Waals surface area (Å²) in [5.74, 6) is -1.93. The van der Waals surface area contributed by atoms with Crippen molar-refractivity contribution < 1.29 is 13.6 Å². The van der Waals surface area contributed by atoms with E-state index in [1.165, 1.54) is 12.1 Å². The number of rotatable bonds is 3. The van der Waals surface area contributed by atoms with Crippen LogP contribution in [0.1, 0.15) is 19.8 Å². The number of amides is 1. The number of carbonyl (C=O) groups is 1. The highest BCUT2D eigenvalue weighted by atomic mass is 19.2. The molecule has 5 heteroatoms. The molecule has 1 saturated heterocycles. The van der Waals surface area contributed by atoms with Crippen LogP contribution >= 0.6 is 0 Å². The zero-order chi connectivity index (χ0) is 13.1. The molecule has 0 spiro atoms. The summed E-state index contributed by atoms with van der Waals surface area (Å²) in [4.78, 5) is 13.7. The highest BCUT2D eigenvalue weighted by Crippen LogP contribution is 2.18. The summed E-state index contributed by atoms with van der Waals surface area (Å²) in [6, 6.07) is 3.33. The number of anilines is 1. The molecule has 1 aromatic carbocycles. The van der Waals surface area contributed by atoms with Gasteiger partial charge in [0.25, 0.3) is 0 Å². The van der Waals surface area contributed by atoms with Crippen molar-refractivity contribution in [3.8, 4) is 0 Å². The smallest absolute Gasteiger partial charge is 0.244 e. The molecule has 0 aliphatic carbocycles. The quantitative estimate of drug-likeness (QED) is 0.898. The molecule has 1 unspecified atom stereocenters. The second kappa shape index (κ2) is 5.33. The molecule has 2 rings (SSSR count). The van der Waals surface area contributed by atoms with Crippen LogP contribution in [0.4, 0.5) is 14.5 Å². The van der Waals surface area contributed by atoms with Crippen LogP contribution in [0.25, 0.3) is 0 Å². The van der Waals surface area contributed by atoms with E-state index in [2.05, 4.69) is 5.32 Å². The van der Waals surface area contributed by atoms with Crippen LogP contribution < -0.4 is 5.32 Å². The van der Waals surface area contributed by atoms with Gasteiger partial charge in [-0.05, 0) is 31.9 Å². The summed E-state index contributed by atoms with van der Waals surface area (Å²) in [5, 5.41) is 2.72. The van der Waals surface area contributed by atoms with Gasteiger partial charge in [-0.15, -0.1) is 0 Å². The lowest BCUT2D eigenvalue weighted by molar-refractivity contribution is -0.130. The van der Waals surface area contributed by atoms with Crippen LogP contribution in [0, 0.1) is 11.6 Å². The molecule has 1 aromatic rings. The number of nitrogens with one attached hydrogen (secondary N) is 1. The maximum Gasteiger partial charge on any atom is 0.244 e. The fourth-order valence-corrected chi connectivity index (χ4v) is 2.12. The lowest BCUT2D eigenvalue weighted by atomic mass is 10.2. The fraction of sp³-hybridized carbons (Fsp3) is 0.462. The second-order valence-corrected chi connectivity index (χ2v) is 4.50. The van der Waals surface area contributed by atoms with Gasteiger partial charge in [-0.25, -0.2) is 8.78 Å². The summed E-state index contributed by atoms with van der Waals surface area (Å²) in [6.07, 6.45) is 2.01. The maximum absolute atomic E-state index is 13.4. The summed E-state index contributed by atoms with van der Waals surface area (Å²) in [7, 11) is 0. The van der Waals surface area contributed by atoms with Crippen LogP contribution in [-0.4, -0.2) is 29.9 Å². The van der Waals surface area contributed by atoms with Gasteiger partial charge in [0.15, 0.2) is 11.6 Å². The van der Waals surface area contributed by atoms with Gasteiger partial charge in [-0.3, -0.25) is 4.79 Å². The molecule has 3 nitrogen and oxygen atoms in total. The number of halogens is 2. The molecule has 1 aliphatic heterocycles. The SMILES string of the molecule is CC(Nc1cccc(F)c1F)C(=O)N1CCCC1. The first-order valence-corrected chi connectivity index (χ1v) is 6.09. The van der Waals surface area contributed by atoms with Gasteiger partial charge in [-0.1, -0.05) is 6.07 Å². The number of hydrogen-bond acceptors (Lipinski definition) is 2. The van der Waals surface area contributed by atoms with E-state index in [1.807, 2.05) is 0 Å². The summed E-state index contributed by atoms with van der Waals surface area (Å²) >= 11 is 0. The molecule has 1 atom stereocenters. The van der Waals surface area contributed by atoms with E-state index in [0.29, 0.717) is 0 Å².